The van der Waals surface area contributed by atoms with Crippen LogP contribution in [-0.4, -0.2) is 20.9 Å². The number of aromatic nitrogens is 1. The maximum absolute atomic E-state index is 13.4. The summed E-state index contributed by atoms with van der Waals surface area (Å²) >= 11 is 0. The highest BCUT2D eigenvalue weighted by Gasteiger charge is 2.51. The van der Waals surface area contributed by atoms with Gasteiger partial charge in [-0.2, -0.15) is 0 Å². The number of aryl methyl sites for hydroxylation is 1. The van der Waals surface area contributed by atoms with Gasteiger partial charge in [0.2, 0.25) is 5.43 Å². The Bertz CT molecular complexity index is 1100. The van der Waals surface area contributed by atoms with Gasteiger partial charge in [0.05, 0.1) is 10.3 Å². The lowest BCUT2D eigenvalue weighted by atomic mass is 9.53. The summed E-state index contributed by atoms with van der Waals surface area (Å²) < 4.78 is 1.75. The molecule has 0 atom stereocenters. The number of hydrogen-bond acceptors (Lipinski definition) is 4. The Hall–Kier alpha value is -2.70. The molecule has 4 bridgehead atoms. The van der Waals surface area contributed by atoms with Crippen LogP contribution < -0.4 is 10.7 Å². The van der Waals surface area contributed by atoms with Crippen molar-refractivity contribution in [1.29, 1.82) is 0 Å². The third-order valence-corrected chi connectivity index (χ3v) is 7.94. The average molecular weight is 438 g/mol. The molecule has 170 valence electrons. The van der Waals surface area contributed by atoms with Crippen molar-refractivity contribution in [1.82, 2.24) is 9.88 Å². The van der Waals surface area contributed by atoms with Crippen molar-refractivity contribution in [3.63, 3.8) is 0 Å². The minimum Gasteiger partial charge on any atom is -0.346 e. The number of non-ortho nitro benzene ring substituents is 1. The van der Waals surface area contributed by atoms with E-state index in [1.54, 1.807) is 16.8 Å². The van der Waals surface area contributed by atoms with Crippen LogP contribution in [0.2, 0.25) is 0 Å². The molecule has 1 aromatic heterocycles. The number of nitrogens with zero attached hydrogens (tertiary/aromatic N) is 2. The van der Waals surface area contributed by atoms with Gasteiger partial charge in [0.15, 0.2) is 0 Å². The lowest BCUT2D eigenvalue weighted by Crippen LogP contribution is -2.60. The summed E-state index contributed by atoms with van der Waals surface area (Å²) in [5, 5.41) is 15.2. The number of nitro benzene ring substituents is 1. The van der Waals surface area contributed by atoms with E-state index in [-0.39, 0.29) is 28.1 Å². The lowest BCUT2D eigenvalue weighted by Gasteiger charge is -2.56. The first-order valence-electron chi connectivity index (χ1n) is 12.0. The number of carbonyl (C=O) groups excluding carboxylic acids is 1. The van der Waals surface area contributed by atoms with Gasteiger partial charge in [-0.05, 0) is 68.8 Å². The highest BCUT2D eigenvalue weighted by atomic mass is 16.6. The van der Waals surface area contributed by atoms with Gasteiger partial charge in [-0.3, -0.25) is 19.7 Å². The van der Waals surface area contributed by atoms with E-state index in [1.165, 1.54) is 31.4 Å². The van der Waals surface area contributed by atoms with Crippen molar-refractivity contribution in [2.75, 3.05) is 0 Å². The molecule has 32 heavy (non-hydrogen) atoms. The van der Waals surface area contributed by atoms with Gasteiger partial charge in [0.25, 0.3) is 11.6 Å². The Morgan fingerprint density at radius 2 is 1.81 bits per heavy atom. The summed E-state index contributed by atoms with van der Waals surface area (Å²) in [7, 11) is 0. The van der Waals surface area contributed by atoms with E-state index in [2.05, 4.69) is 12.2 Å². The smallest absolute Gasteiger partial charge is 0.293 e. The number of carbonyl (C=O) groups is 1. The van der Waals surface area contributed by atoms with Crippen LogP contribution in [-0.2, 0) is 6.54 Å². The fourth-order valence-corrected chi connectivity index (χ4v) is 7.03. The second-order valence-electron chi connectivity index (χ2n) is 10.4. The summed E-state index contributed by atoms with van der Waals surface area (Å²) in [5.41, 5.74) is -0.292. The molecule has 2 aromatic rings. The Labute approximate surface area is 187 Å². The normalized spacial score (nSPS) is 28.2. The van der Waals surface area contributed by atoms with Crippen LogP contribution in [0, 0.1) is 27.9 Å². The van der Waals surface area contributed by atoms with Gasteiger partial charge in [0.1, 0.15) is 11.1 Å². The number of amides is 1. The first-order chi connectivity index (χ1) is 15.4. The van der Waals surface area contributed by atoms with Crippen LogP contribution in [0.1, 0.15) is 75.1 Å². The number of rotatable bonds is 7. The van der Waals surface area contributed by atoms with Gasteiger partial charge >= 0.3 is 0 Å². The predicted octanol–water partition coefficient (Wildman–Crippen LogP) is 4.80. The van der Waals surface area contributed by atoms with Crippen LogP contribution in [0.25, 0.3) is 10.9 Å². The second-order valence-corrected chi connectivity index (χ2v) is 10.4. The van der Waals surface area contributed by atoms with Crippen molar-refractivity contribution in [2.24, 2.45) is 17.8 Å². The molecule has 7 heteroatoms. The minimum absolute atomic E-state index is 0.0934. The van der Waals surface area contributed by atoms with Crippen LogP contribution in [0.4, 0.5) is 5.69 Å². The zero-order chi connectivity index (χ0) is 22.5. The number of nitro groups is 1. The van der Waals surface area contributed by atoms with Gasteiger partial charge in [-0.25, -0.2) is 0 Å². The van der Waals surface area contributed by atoms with Gasteiger partial charge in [0, 0.05) is 24.3 Å². The van der Waals surface area contributed by atoms with E-state index in [1.807, 2.05) is 0 Å². The first kappa shape index (κ1) is 21.2. The van der Waals surface area contributed by atoms with Gasteiger partial charge < -0.3 is 9.88 Å². The van der Waals surface area contributed by atoms with Crippen LogP contribution in [0.5, 0.6) is 0 Å². The summed E-state index contributed by atoms with van der Waals surface area (Å²) in [6, 6.07) is 4.55. The van der Waals surface area contributed by atoms with Crippen molar-refractivity contribution in [3.05, 3.63) is 50.3 Å². The summed E-state index contributed by atoms with van der Waals surface area (Å²) in [6.45, 7) is 2.63. The fourth-order valence-electron chi connectivity index (χ4n) is 7.03. The number of para-hydroxylation sites is 1. The highest BCUT2D eigenvalue weighted by molar-refractivity contribution is 5.99. The summed E-state index contributed by atoms with van der Waals surface area (Å²) in [6.07, 6.45) is 11.2. The van der Waals surface area contributed by atoms with E-state index in [0.717, 1.165) is 38.5 Å². The Morgan fingerprint density at radius 1 is 1.16 bits per heavy atom. The Kier molecular flexibility index (Phi) is 5.30. The standard InChI is InChI=1S/C25H31N3O4/c1-2-3-4-8-27-15-20(23(29)19-6-5-7-21(22(19)27)28(31)32)24(30)26-25-12-16-9-17(13-25)11-18(10-16)14-25/h5-7,15-18H,2-4,8-14H2,1H3,(H,26,30). The predicted molar refractivity (Wildman–Crippen MR) is 123 cm³/mol. The first-order valence-corrected chi connectivity index (χ1v) is 12.0. The lowest BCUT2D eigenvalue weighted by molar-refractivity contribution is -0.383. The van der Waals surface area contributed by atoms with Gasteiger partial charge in [-0.15, -0.1) is 0 Å². The third-order valence-electron chi connectivity index (χ3n) is 7.94. The topological polar surface area (TPSA) is 94.2 Å². The third kappa shape index (κ3) is 3.61. The van der Waals surface area contributed by atoms with Crippen molar-refractivity contribution in [3.8, 4) is 0 Å². The molecule has 4 aliphatic rings. The highest BCUT2D eigenvalue weighted by Crippen LogP contribution is 2.55. The monoisotopic (exact) mass is 437 g/mol. The van der Waals surface area contributed by atoms with Crippen molar-refractivity contribution >= 4 is 22.5 Å². The SMILES string of the molecule is CCCCCn1cc(C(=O)NC23CC4CC(CC(C4)C2)C3)c(=O)c2cccc([N+](=O)[O-])c21. The molecular formula is C25H31N3O4. The van der Waals surface area contributed by atoms with Crippen molar-refractivity contribution < 1.29 is 9.72 Å². The molecule has 4 saturated carbocycles. The zero-order valence-electron chi connectivity index (χ0n) is 18.6. The van der Waals surface area contributed by atoms with Gasteiger partial charge in [-0.1, -0.05) is 25.8 Å². The fraction of sp³-hybridized carbons (Fsp3) is 0.600. The maximum atomic E-state index is 13.4. The molecule has 0 saturated heterocycles. The number of unbranched alkanes of at least 4 members (excludes halogenated alkanes) is 2. The van der Waals surface area contributed by atoms with E-state index in [4.69, 9.17) is 0 Å². The molecule has 0 unspecified atom stereocenters. The molecule has 4 aliphatic carbocycles. The van der Waals surface area contributed by atoms with Crippen LogP contribution >= 0.6 is 0 Å². The number of benzene rings is 1. The largest absolute Gasteiger partial charge is 0.346 e. The van der Waals surface area contributed by atoms with Crippen molar-refractivity contribution in [2.45, 2.75) is 76.8 Å². The molecule has 1 amide bonds. The number of nitrogens with one attached hydrogen (secondary N) is 1. The summed E-state index contributed by atoms with van der Waals surface area (Å²) in [4.78, 5) is 38.0. The van der Waals surface area contributed by atoms with Crippen LogP contribution in [0.3, 0.4) is 0 Å². The molecule has 6 rings (SSSR count). The van der Waals surface area contributed by atoms with E-state index >= 15 is 0 Å². The summed E-state index contributed by atoms with van der Waals surface area (Å²) in [5.74, 6) is 1.74. The average Bonchev–Trinajstić information content (AvgIpc) is 2.73. The van der Waals surface area contributed by atoms with E-state index in [9.17, 15) is 19.7 Å². The molecule has 4 fully saturated rings. The quantitative estimate of drug-likeness (QED) is 0.382. The molecule has 0 spiro atoms. The molecule has 7 nitrogen and oxygen atoms in total. The number of hydrogen-bond donors (Lipinski definition) is 1. The molecule has 1 N–H and O–H groups in total. The second kappa shape index (κ2) is 8.01. The Balaban J connectivity index is 1.53. The Morgan fingerprint density at radius 3 is 2.41 bits per heavy atom. The van der Waals surface area contributed by atoms with Crippen LogP contribution in [0.15, 0.2) is 29.2 Å². The number of pyridine rings is 1. The molecule has 1 aromatic carbocycles. The van der Waals surface area contributed by atoms with E-state index < -0.39 is 10.4 Å². The van der Waals surface area contributed by atoms with E-state index in [0.29, 0.717) is 29.8 Å². The maximum Gasteiger partial charge on any atom is 0.293 e. The number of fused-ring (bicyclic) bond motifs is 1. The zero-order valence-corrected chi connectivity index (χ0v) is 18.6. The molecule has 0 radical (unpaired) electrons. The molecule has 1 heterocycles. The molecule has 0 aliphatic heterocycles. The molecular weight excluding hydrogens is 406 g/mol. The minimum atomic E-state index is -0.451.